The Balaban J connectivity index is 1.91. The summed E-state index contributed by atoms with van der Waals surface area (Å²) in [5, 5.41) is 3.19. The first-order valence-corrected chi connectivity index (χ1v) is 7.03. The molecule has 0 aromatic carbocycles. The molecule has 0 amide bonds. The maximum Gasteiger partial charge on any atom is 0.185 e. The van der Waals surface area contributed by atoms with Crippen molar-refractivity contribution in [2.75, 3.05) is 31.7 Å². The lowest BCUT2D eigenvalue weighted by molar-refractivity contribution is 0.139. The van der Waals surface area contributed by atoms with Crippen LogP contribution in [0.15, 0.2) is 5.38 Å². The SMILES string of the molecule is COCC1CCN(c2nc(C(C)N)cs2)CC1. The van der Waals surface area contributed by atoms with Crippen molar-refractivity contribution in [3.8, 4) is 0 Å². The van der Waals surface area contributed by atoms with Crippen molar-refractivity contribution >= 4 is 16.5 Å². The third-order valence-corrected chi connectivity index (χ3v) is 4.18. The second-order valence-corrected chi connectivity index (χ2v) is 5.57. The summed E-state index contributed by atoms with van der Waals surface area (Å²) in [6.45, 7) is 5.03. The Morgan fingerprint density at radius 2 is 2.29 bits per heavy atom. The van der Waals surface area contributed by atoms with E-state index in [1.54, 1.807) is 18.4 Å². The third kappa shape index (κ3) is 3.18. The molecule has 0 radical (unpaired) electrons. The summed E-state index contributed by atoms with van der Waals surface area (Å²) in [5.41, 5.74) is 6.83. The van der Waals surface area contributed by atoms with E-state index in [2.05, 4.69) is 15.3 Å². The molecule has 2 rings (SSSR count). The second kappa shape index (κ2) is 5.80. The number of ether oxygens (including phenoxy) is 1. The van der Waals surface area contributed by atoms with E-state index in [1.807, 2.05) is 6.92 Å². The Hall–Kier alpha value is -0.650. The Bertz CT molecular complexity index is 345. The summed E-state index contributed by atoms with van der Waals surface area (Å²) in [6, 6.07) is 0.0334. The Labute approximate surface area is 107 Å². The molecule has 5 heteroatoms. The molecule has 1 fully saturated rings. The van der Waals surface area contributed by atoms with Crippen LogP contribution in [-0.2, 0) is 4.74 Å². The summed E-state index contributed by atoms with van der Waals surface area (Å²) in [5.74, 6) is 0.712. The molecular weight excluding hydrogens is 234 g/mol. The van der Waals surface area contributed by atoms with Gasteiger partial charge < -0.3 is 15.4 Å². The normalized spacial score (nSPS) is 19.6. The molecule has 1 aromatic rings. The third-order valence-electron chi connectivity index (χ3n) is 3.26. The molecule has 1 aromatic heterocycles. The van der Waals surface area contributed by atoms with Crippen molar-refractivity contribution < 1.29 is 4.74 Å². The highest BCUT2D eigenvalue weighted by molar-refractivity contribution is 7.13. The number of aromatic nitrogens is 1. The zero-order chi connectivity index (χ0) is 12.3. The summed E-state index contributed by atoms with van der Waals surface area (Å²) >= 11 is 1.70. The highest BCUT2D eigenvalue weighted by Crippen LogP contribution is 2.27. The maximum absolute atomic E-state index is 5.83. The first-order chi connectivity index (χ1) is 8.20. The van der Waals surface area contributed by atoms with E-state index in [-0.39, 0.29) is 6.04 Å². The van der Waals surface area contributed by atoms with Gasteiger partial charge in [0.25, 0.3) is 0 Å². The van der Waals surface area contributed by atoms with E-state index >= 15 is 0 Å². The molecule has 0 bridgehead atoms. The first-order valence-electron chi connectivity index (χ1n) is 6.15. The van der Waals surface area contributed by atoms with Crippen LogP contribution in [0.1, 0.15) is 31.5 Å². The number of hydrogen-bond donors (Lipinski definition) is 1. The van der Waals surface area contributed by atoms with Gasteiger partial charge in [-0.05, 0) is 25.7 Å². The maximum atomic E-state index is 5.83. The molecule has 1 atom stereocenters. The predicted molar refractivity (Wildman–Crippen MR) is 71.5 cm³/mol. The van der Waals surface area contributed by atoms with Crippen LogP contribution < -0.4 is 10.6 Å². The van der Waals surface area contributed by atoms with Gasteiger partial charge in [-0.1, -0.05) is 0 Å². The van der Waals surface area contributed by atoms with E-state index in [4.69, 9.17) is 10.5 Å². The van der Waals surface area contributed by atoms with E-state index in [0.717, 1.165) is 30.5 Å². The molecule has 0 aliphatic carbocycles. The van der Waals surface area contributed by atoms with Crippen LogP contribution in [0, 0.1) is 5.92 Å². The predicted octanol–water partition coefficient (Wildman–Crippen LogP) is 2.03. The van der Waals surface area contributed by atoms with Crippen LogP contribution in [0.25, 0.3) is 0 Å². The Morgan fingerprint density at radius 3 is 2.82 bits per heavy atom. The lowest BCUT2D eigenvalue weighted by atomic mass is 9.98. The number of rotatable bonds is 4. The number of hydrogen-bond acceptors (Lipinski definition) is 5. The zero-order valence-corrected chi connectivity index (χ0v) is 11.4. The van der Waals surface area contributed by atoms with E-state index < -0.39 is 0 Å². The highest BCUT2D eigenvalue weighted by atomic mass is 32.1. The lowest BCUT2D eigenvalue weighted by Crippen LogP contribution is -2.34. The van der Waals surface area contributed by atoms with Gasteiger partial charge in [0, 0.05) is 38.2 Å². The molecule has 2 heterocycles. The minimum Gasteiger partial charge on any atom is -0.384 e. The molecular formula is C12H21N3OS. The van der Waals surface area contributed by atoms with Crippen molar-refractivity contribution in [3.05, 3.63) is 11.1 Å². The van der Waals surface area contributed by atoms with Gasteiger partial charge in [0.1, 0.15) is 0 Å². The van der Waals surface area contributed by atoms with Gasteiger partial charge in [-0.15, -0.1) is 11.3 Å². The molecule has 1 aliphatic rings. The van der Waals surface area contributed by atoms with Gasteiger partial charge in [0.2, 0.25) is 0 Å². The summed E-state index contributed by atoms with van der Waals surface area (Å²) < 4.78 is 5.21. The number of nitrogens with two attached hydrogens (primary N) is 1. The van der Waals surface area contributed by atoms with Gasteiger partial charge >= 0.3 is 0 Å². The van der Waals surface area contributed by atoms with Crippen LogP contribution in [0.4, 0.5) is 5.13 Å². The van der Waals surface area contributed by atoms with E-state index in [9.17, 15) is 0 Å². The van der Waals surface area contributed by atoms with Crippen LogP contribution in [0.2, 0.25) is 0 Å². The quantitative estimate of drug-likeness (QED) is 0.894. The zero-order valence-electron chi connectivity index (χ0n) is 10.6. The van der Waals surface area contributed by atoms with Crippen molar-refractivity contribution in [3.63, 3.8) is 0 Å². The fraction of sp³-hybridized carbons (Fsp3) is 0.750. The molecule has 1 unspecified atom stereocenters. The van der Waals surface area contributed by atoms with Crippen LogP contribution >= 0.6 is 11.3 Å². The standard InChI is InChI=1S/C12H21N3OS/c1-9(13)11-8-17-12(14-11)15-5-3-10(4-6-15)7-16-2/h8-10H,3-7,13H2,1-2H3. The number of thiazole rings is 1. The number of nitrogens with zero attached hydrogens (tertiary/aromatic N) is 2. The minimum absolute atomic E-state index is 0.0334. The van der Waals surface area contributed by atoms with E-state index in [0.29, 0.717) is 5.92 Å². The van der Waals surface area contributed by atoms with Crippen molar-refractivity contribution in [2.24, 2.45) is 11.7 Å². The smallest absolute Gasteiger partial charge is 0.185 e. The van der Waals surface area contributed by atoms with Crippen molar-refractivity contribution in [2.45, 2.75) is 25.8 Å². The topological polar surface area (TPSA) is 51.4 Å². The van der Waals surface area contributed by atoms with E-state index in [1.165, 1.54) is 12.8 Å². The molecule has 2 N–H and O–H groups in total. The van der Waals surface area contributed by atoms with Crippen LogP contribution in [0.5, 0.6) is 0 Å². The number of piperidine rings is 1. The number of anilines is 1. The molecule has 1 aliphatic heterocycles. The van der Waals surface area contributed by atoms with Crippen LogP contribution in [0.3, 0.4) is 0 Å². The Kier molecular flexibility index (Phi) is 4.36. The Morgan fingerprint density at radius 1 is 1.59 bits per heavy atom. The summed E-state index contributed by atoms with van der Waals surface area (Å²) in [7, 11) is 1.78. The number of methoxy groups -OCH3 is 1. The summed E-state index contributed by atoms with van der Waals surface area (Å²) in [4.78, 5) is 6.96. The molecule has 0 saturated carbocycles. The monoisotopic (exact) mass is 255 g/mol. The fourth-order valence-electron chi connectivity index (χ4n) is 2.16. The molecule has 1 saturated heterocycles. The van der Waals surface area contributed by atoms with Crippen molar-refractivity contribution in [1.29, 1.82) is 0 Å². The second-order valence-electron chi connectivity index (χ2n) is 4.73. The summed E-state index contributed by atoms with van der Waals surface area (Å²) in [6.07, 6.45) is 2.39. The fourth-order valence-corrected chi connectivity index (χ4v) is 3.14. The average molecular weight is 255 g/mol. The van der Waals surface area contributed by atoms with Gasteiger partial charge in [0.15, 0.2) is 5.13 Å². The lowest BCUT2D eigenvalue weighted by Gasteiger charge is -2.31. The van der Waals surface area contributed by atoms with Gasteiger partial charge in [-0.25, -0.2) is 4.98 Å². The molecule has 0 spiro atoms. The van der Waals surface area contributed by atoms with Crippen LogP contribution in [-0.4, -0.2) is 31.8 Å². The molecule has 17 heavy (non-hydrogen) atoms. The largest absolute Gasteiger partial charge is 0.384 e. The minimum atomic E-state index is 0.0334. The van der Waals surface area contributed by atoms with Gasteiger partial charge in [-0.2, -0.15) is 0 Å². The molecule has 4 nitrogen and oxygen atoms in total. The van der Waals surface area contributed by atoms with Crippen molar-refractivity contribution in [1.82, 2.24) is 4.98 Å². The first kappa shape index (κ1) is 12.8. The highest BCUT2D eigenvalue weighted by Gasteiger charge is 2.21. The van der Waals surface area contributed by atoms with Gasteiger partial charge in [-0.3, -0.25) is 0 Å². The van der Waals surface area contributed by atoms with Gasteiger partial charge in [0.05, 0.1) is 5.69 Å². The molecule has 96 valence electrons. The average Bonchev–Trinajstić information content (AvgIpc) is 2.80.